The Balaban J connectivity index is 1.62. The van der Waals surface area contributed by atoms with Crippen LogP contribution in [0.1, 0.15) is 11.3 Å². The highest BCUT2D eigenvalue weighted by molar-refractivity contribution is 5.91. The Kier molecular flexibility index (Phi) is 5.17. The van der Waals surface area contributed by atoms with Gasteiger partial charge in [-0.25, -0.2) is 4.98 Å². The predicted octanol–water partition coefficient (Wildman–Crippen LogP) is 2.85. The maximum Gasteiger partial charge on any atom is 0.263 e. The summed E-state index contributed by atoms with van der Waals surface area (Å²) in [5, 5.41) is 7.18. The van der Waals surface area contributed by atoms with E-state index in [0.717, 1.165) is 5.56 Å². The van der Waals surface area contributed by atoms with Crippen LogP contribution in [0.4, 0.5) is 5.82 Å². The van der Waals surface area contributed by atoms with Gasteiger partial charge in [0.05, 0.1) is 6.26 Å². The number of para-hydroxylation sites is 1. The van der Waals surface area contributed by atoms with E-state index in [1.54, 1.807) is 31.2 Å². The van der Waals surface area contributed by atoms with Crippen molar-refractivity contribution in [2.24, 2.45) is 0 Å². The summed E-state index contributed by atoms with van der Waals surface area (Å²) < 4.78 is 12.3. The van der Waals surface area contributed by atoms with E-state index in [0.29, 0.717) is 28.7 Å². The van der Waals surface area contributed by atoms with E-state index < -0.39 is 0 Å². The van der Waals surface area contributed by atoms with Gasteiger partial charge in [-0.1, -0.05) is 18.2 Å². The van der Waals surface area contributed by atoms with Gasteiger partial charge in [-0.2, -0.15) is 9.78 Å². The lowest BCUT2D eigenvalue weighted by Crippen LogP contribution is -2.23. The lowest BCUT2D eigenvalue weighted by atomic mass is 10.2. The zero-order chi connectivity index (χ0) is 21.1. The van der Waals surface area contributed by atoms with Gasteiger partial charge in [0.25, 0.3) is 11.5 Å². The third-order valence-corrected chi connectivity index (χ3v) is 4.26. The van der Waals surface area contributed by atoms with Crippen molar-refractivity contribution in [3.8, 4) is 23.2 Å². The number of carbonyl (C=O) groups excluding carboxylic acids is 1. The second-order valence-corrected chi connectivity index (χ2v) is 6.62. The summed E-state index contributed by atoms with van der Waals surface area (Å²) in [6.07, 6.45) is 1.52. The van der Waals surface area contributed by atoms with Gasteiger partial charge in [0.2, 0.25) is 5.95 Å². The molecule has 152 valence electrons. The minimum atomic E-state index is -0.389. The lowest BCUT2D eigenvalue weighted by Gasteiger charge is -2.10. The summed E-state index contributed by atoms with van der Waals surface area (Å²) in [5.74, 6) is 1.24. The smallest absolute Gasteiger partial charge is 0.263 e. The highest BCUT2D eigenvalue weighted by Gasteiger charge is 2.17. The maximum atomic E-state index is 12.5. The maximum absolute atomic E-state index is 12.5. The second kappa shape index (κ2) is 8.08. The fourth-order valence-corrected chi connectivity index (χ4v) is 2.88. The van der Waals surface area contributed by atoms with Crippen LogP contribution in [-0.2, 0) is 4.79 Å². The molecule has 0 fully saturated rings. The first-order valence-corrected chi connectivity index (χ1v) is 9.20. The molecule has 9 nitrogen and oxygen atoms in total. The Morgan fingerprint density at radius 1 is 1.20 bits per heavy atom. The first-order valence-electron chi connectivity index (χ1n) is 9.20. The van der Waals surface area contributed by atoms with Crippen LogP contribution in [0.25, 0.3) is 17.4 Å². The van der Waals surface area contributed by atoms with Crippen molar-refractivity contribution in [1.82, 2.24) is 19.7 Å². The summed E-state index contributed by atoms with van der Waals surface area (Å²) in [6, 6.07) is 13.9. The first-order chi connectivity index (χ1) is 14.5. The SMILES string of the molecule is Cc1cc(=O)[nH]c(-n2nc(-c3ccco3)cc2NC(=O)COc2ccccc2C)n1. The topological polar surface area (TPSA) is 115 Å². The average molecular weight is 405 g/mol. The monoisotopic (exact) mass is 405 g/mol. The van der Waals surface area contributed by atoms with Crippen molar-refractivity contribution in [2.45, 2.75) is 13.8 Å². The molecule has 0 aliphatic rings. The van der Waals surface area contributed by atoms with Crippen molar-refractivity contribution in [3.05, 3.63) is 76.4 Å². The van der Waals surface area contributed by atoms with Crippen LogP contribution in [-0.4, -0.2) is 32.3 Å². The van der Waals surface area contributed by atoms with Crippen LogP contribution >= 0.6 is 0 Å². The van der Waals surface area contributed by atoms with Gasteiger partial charge in [0.15, 0.2) is 12.4 Å². The Morgan fingerprint density at radius 2 is 2.03 bits per heavy atom. The zero-order valence-electron chi connectivity index (χ0n) is 16.4. The Hall–Kier alpha value is -4.14. The number of ether oxygens (including phenoxy) is 1. The molecule has 0 bridgehead atoms. The largest absolute Gasteiger partial charge is 0.483 e. The lowest BCUT2D eigenvalue weighted by molar-refractivity contribution is -0.118. The van der Waals surface area contributed by atoms with E-state index >= 15 is 0 Å². The molecule has 9 heteroatoms. The molecule has 0 spiro atoms. The highest BCUT2D eigenvalue weighted by atomic mass is 16.5. The van der Waals surface area contributed by atoms with E-state index in [-0.39, 0.29) is 24.0 Å². The molecule has 1 aromatic carbocycles. The quantitative estimate of drug-likeness (QED) is 0.510. The third kappa shape index (κ3) is 4.14. The number of H-pyrrole nitrogens is 1. The van der Waals surface area contributed by atoms with E-state index in [2.05, 4.69) is 20.4 Å². The number of nitrogens with zero attached hydrogens (tertiary/aromatic N) is 3. The number of hydrogen-bond donors (Lipinski definition) is 2. The van der Waals surface area contributed by atoms with Crippen LogP contribution < -0.4 is 15.6 Å². The molecule has 30 heavy (non-hydrogen) atoms. The number of furan rings is 1. The van der Waals surface area contributed by atoms with E-state index in [9.17, 15) is 9.59 Å². The van der Waals surface area contributed by atoms with Gasteiger partial charge in [-0.15, -0.1) is 0 Å². The molecule has 3 heterocycles. The molecular weight excluding hydrogens is 386 g/mol. The van der Waals surface area contributed by atoms with Crippen molar-refractivity contribution < 1.29 is 13.9 Å². The standard InChI is InChI=1S/C21H19N5O4/c1-13-6-3-4-7-16(13)30-12-20(28)23-18-11-15(17-8-5-9-29-17)25-26(18)21-22-14(2)10-19(27)24-21/h3-11H,12H2,1-2H3,(H,23,28)(H,22,24,27). The number of benzene rings is 1. The van der Waals surface area contributed by atoms with Crippen LogP contribution in [0.15, 0.2) is 64.0 Å². The molecule has 0 radical (unpaired) electrons. The number of hydrogen-bond acceptors (Lipinski definition) is 6. The zero-order valence-corrected chi connectivity index (χ0v) is 16.4. The molecule has 0 atom stereocenters. The van der Waals surface area contributed by atoms with Crippen LogP contribution in [0.5, 0.6) is 5.75 Å². The van der Waals surface area contributed by atoms with Crippen LogP contribution in [0, 0.1) is 13.8 Å². The van der Waals surface area contributed by atoms with Gasteiger partial charge >= 0.3 is 0 Å². The minimum Gasteiger partial charge on any atom is -0.483 e. The van der Waals surface area contributed by atoms with Gasteiger partial charge in [-0.3, -0.25) is 14.6 Å². The van der Waals surface area contributed by atoms with Crippen molar-refractivity contribution in [2.75, 3.05) is 11.9 Å². The van der Waals surface area contributed by atoms with E-state index in [1.165, 1.54) is 17.0 Å². The van der Waals surface area contributed by atoms with E-state index in [1.807, 2.05) is 25.1 Å². The van der Waals surface area contributed by atoms with Crippen LogP contribution in [0.2, 0.25) is 0 Å². The number of nitrogens with one attached hydrogen (secondary N) is 2. The fraction of sp³-hybridized carbons (Fsp3) is 0.143. The molecule has 0 aliphatic carbocycles. The molecule has 0 saturated carbocycles. The highest BCUT2D eigenvalue weighted by Crippen LogP contribution is 2.24. The number of anilines is 1. The summed E-state index contributed by atoms with van der Waals surface area (Å²) in [6.45, 7) is 3.41. The summed E-state index contributed by atoms with van der Waals surface area (Å²) in [5.41, 5.74) is 1.59. The summed E-state index contributed by atoms with van der Waals surface area (Å²) in [7, 11) is 0. The first kappa shape index (κ1) is 19.2. The molecular formula is C21H19N5O4. The molecule has 3 aromatic heterocycles. The van der Waals surface area contributed by atoms with Gasteiger partial charge < -0.3 is 14.5 Å². The normalized spacial score (nSPS) is 10.7. The van der Waals surface area contributed by atoms with Gasteiger partial charge in [0, 0.05) is 17.8 Å². The Morgan fingerprint density at radius 3 is 2.77 bits per heavy atom. The number of rotatable bonds is 6. The molecule has 0 saturated heterocycles. The Labute approximate surface area is 171 Å². The number of aromatic amines is 1. The minimum absolute atomic E-state index is 0.174. The van der Waals surface area contributed by atoms with Crippen molar-refractivity contribution >= 4 is 11.7 Å². The number of aryl methyl sites for hydroxylation is 2. The van der Waals surface area contributed by atoms with Gasteiger partial charge in [-0.05, 0) is 37.6 Å². The number of carbonyl (C=O) groups is 1. The average Bonchev–Trinajstić information content (AvgIpc) is 3.36. The van der Waals surface area contributed by atoms with Crippen molar-refractivity contribution in [3.63, 3.8) is 0 Å². The Bertz CT molecular complexity index is 1240. The molecule has 2 N–H and O–H groups in total. The molecule has 1 amide bonds. The predicted molar refractivity (Wildman–Crippen MR) is 110 cm³/mol. The fourth-order valence-electron chi connectivity index (χ4n) is 2.88. The molecule has 4 aromatic rings. The number of aromatic nitrogens is 4. The number of amides is 1. The van der Waals surface area contributed by atoms with Crippen LogP contribution in [0.3, 0.4) is 0 Å². The van der Waals surface area contributed by atoms with Crippen molar-refractivity contribution in [1.29, 1.82) is 0 Å². The molecule has 0 aliphatic heterocycles. The third-order valence-electron chi connectivity index (χ3n) is 4.26. The van der Waals surface area contributed by atoms with Gasteiger partial charge in [0.1, 0.15) is 17.3 Å². The summed E-state index contributed by atoms with van der Waals surface area (Å²) >= 11 is 0. The van der Waals surface area contributed by atoms with E-state index in [4.69, 9.17) is 9.15 Å². The second-order valence-electron chi connectivity index (χ2n) is 6.62. The molecule has 4 rings (SSSR count). The molecule has 0 unspecified atom stereocenters. The summed E-state index contributed by atoms with van der Waals surface area (Å²) in [4.78, 5) is 31.3.